The first-order chi connectivity index (χ1) is 13.7. The Labute approximate surface area is 176 Å². The van der Waals surface area contributed by atoms with Crippen molar-refractivity contribution in [1.82, 2.24) is 19.7 Å². The predicted octanol–water partition coefficient (Wildman–Crippen LogP) is 3.88. The Kier molecular flexibility index (Phi) is 6.27. The Bertz CT molecular complexity index is 896. The molecular weight excluding hydrogens is 392 g/mol. The number of hydrogen-bond acceptors (Lipinski definition) is 5. The van der Waals surface area contributed by atoms with E-state index in [1.165, 1.54) is 0 Å². The average Bonchev–Trinajstić information content (AvgIpc) is 3.14. The monoisotopic (exact) mass is 418 g/mol. The predicted molar refractivity (Wildman–Crippen MR) is 110 cm³/mol. The highest BCUT2D eigenvalue weighted by Crippen LogP contribution is 2.31. The molecule has 3 rings (SSSR count). The molecule has 0 unspecified atom stereocenters. The molecule has 0 saturated carbocycles. The normalized spacial score (nSPS) is 15.4. The van der Waals surface area contributed by atoms with Crippen LogP contribution in [0.1, 0.15) is 73.1 Å². The van der Waals surface area contributed by atoms with Gasteiger partial charge in [0.2, 0.25) is 0 Å². The van der Waals surface area contributed by atoms with Crippen molar-refractivity contribution in [3.63, 3.8) is 0 Å². The van der Waals surface area contributed by atoms with E-state index in [9.17, 15) is 9.59 Å². The second-order valence-electron chi connectivity index (χ2n) is 8.20. The molecule has 1 aliphatic rings. The van der Waals surface area contributed by atoms with E-state index in [0.29, 0.717) is 31.0 Å². The van der Waals surface area contributed by atoms with Gasteiger partial charge in [0.25, 0.3) is 5.91 Å². The van der Waals surface area contributed by atoms with Crippen molar-refractivity contribution in [1.29, 1.82) is 0 Å². The maximum absolute atomic E-state index is 12.8. The summed E-state index contributed by atoms with van der Waals surface area (Å²) in [5.41, 5.74) is 1.57. The zero-order valence-corrected chi connectivity index (χ0v) is 18.1. The number of ether oxygens (including phenoxy) is 1. The molecule has 8 heteroatoms. The minimum atomic E-state index is -0.407. The summed E-state index contributed by atoms with van der Waals surface area (Å²) in [4.78, 5) is 30.7. The first-order valence-electron chi connectivity index (χ1n) is 9.89. The summed E-state index contributed by atoms with van der Waals surface area (Å²) in [5, 5.41) is 4.79. The van der Waals surface area contributed by atoms with E-state index in [-0.39, 0.29) is 22.5 Å². The van der Waals surface area contributed by atoms with Gasteiger partial charge in [-0.2, -0.15) is 5.10 Å². The Morgan fingerprint density at radius 1 is 1.28 bits per heavy atom. The van der Waals surface area contributed by atoms with Crippen molar-refractivity contribution in [2.45, 2.75) is 52.0 Å². The minimum absolute atomic E-state index is 0.106. The van der Waals surface area contributed by atoms with Crippen LogP contribution in [0.2, 0.25) is 5.15 Å². The van der Waals surface area contributed by atoms with Gasteiger partial charge in [0, 0.05) is 30.4 Å². The second kappa shape index (κ2) is 8.53. The van der Waals surface area contributed by atoms with Crippen LogP contribution in [0.25, 0.3) is 0 Å². The summed E-state index contributed by atoms with van der Waals surface area (Å²) in [5.74, 6) is -0.513. The van der Waals surface area contributed by atoms with Crippen molar-refractivity contribution >= 4 is 23.5 Å². The fourth-order valence-electron chi connectivity index (χ4n) is 3.57. The molecule has 0 aliphatic carbocycles. The topological polar surface area (TPSA) is 77.3 Å². The van der Waals surface area contributed by atoms with E-state index in [1.54, 1.807) is 30.2 Å². The third-order valence-corrected chi connectivity index (χ3v) is 5.38. The third kappa shape index (κ3) is 4.61. The lowest BCUT2D eigenvalue weighted by Gasteiger charge is -2.34. The lowest BCUT2D eigenvalue weighted by molar-refractivity contribution is 0.0517. The van der Waals surface area contributed by atoms with Crippen molar-refractivity contribution in [2.75, 3.05) is 19.7 Å². The van der Waals surface area contributed by atoms with Crippen LogP contribution in [0.5, 0.6) is 0 Å². The number of aromatic nitrogens is 3. The average molecular weight is 419 g/mol. The number of halogens is 1. The van der Waals surface area contributed by atoms with E-state index in [4.69, 9.17) is 16.3 Å². The largest absolute Gasteiger partial charge is 0.461 e. The van der Waals surface area contributed by atoms with Crippen LogP contribution in [0.4, 0.5) is 0 Å². The number of piperidine rings is 1. The SMILES string of the molecule is CCOC(=O)c1cc(C(C)(C)C)n(C2CCN(C(=O)c3cccnc3Cl)CC2)n1. The summed E-state index contributed by atoms with van der Waals surface area (Å²) >= 11 is 6.08. The highest BCUT2D eigenvalue weighted by Gasteiger charge is 2.31. The summed E-state index contributed by atoms with van der Waals surface area (Å²) in [6.45, 7) is 9.56. The number of rotatable bonds is 4. The van der Waals surface area contributed by atoms with Gasteiger partial charge in [-0.15, -0.1) is 0 Å². The molecule has 3 heterocycles. The molecule has 2 aromatic heterocycles. The standard InChI is InChI=1S/C21H27ClN4O3/c1-5-29-20(28)16-13-17(21(2,3)4)26(24-16)14-8-11-25(12-9-14)19(27)15-7-6-10-23-18(15)22/h6-7,10,13-14H,5,8-9,11-12H2,1-4H3. The molecule has 29 heavy (non-hydrogen) atoms. The highest BCUT2D eigenvalue weighted by atomic mass is 35.5. The maximum Gasteiger partial charge on any atom is 0.358 e. The summed E-state index contributed by atoms with van der Waals surface area (Å²) < 4.78 is 7.07. The van der Waals surface area contributed by atoms with Gasteiger partial charge in [0.05, 0.1) is 18.2 Å². The number of hydrogen-bond donors (Lipinski definition) is 0. The summed E-state index contributed by atoms with van der Waals surface area (Å²) in [6, 6.07) is 5.34. The van der Waals surface area contributed by atoms with Crippen LogP contribution in [0.15, 0.2) is 24.4 Å². The zero-order valence-electron chi connectivity index (χ0n) is 17.3. The first-order valence-corrected chi connectivity index (χ1v) is 10.3. The van der Waals surface area contributed by atoms with Gasteiger partial charge >= 0.3 is 5.97 Å². The minimum Gasteiger partial charge on any atom is -0.461 e. The van der Waals surface area contributed by atoms with Crippen molar-refractivity contribution in [3.05, 3.63) is 46.5 Å². The van der Waals surface area contributed by atoms with E-state index in [0.717, 1.165) is 18.5 Å². The molecule has 1 aliphatic heterocycles. The molecule has 0 bridgehead atoms. The fourth-order valence-corrected chi connectivity index (χ4v) is 3.77. The summed E-state index contributed by atoms with van der Waals surface area (Å²) in [7, 11) is 0. The van der Waals surface area contributed by atoms with Gasteiger partial charge in [-0.05, 0) is 38.0 Å². The van der Waals surface area contributed by atoms with E-state index >= 15 is 0 Å². The van der Waals surface area contributed by atoms with Gasteiger partial charge < -0.3 is 9.64 Å². The van der Waals surface area contributed by atoms with Crippen LogP contribution < -0.4 is 0 Å². The first kappa shape index (κ1) is 21.3. The highest BCUT2D eigenvalue weighted by molar-refractivity contribution is 6.32. The van der Waals surface area contributed by atoms with Crippen LogP contribution in [0.3, 0.4) is 0 Å². The Morgan fingerprint density at radius 3 is 2.55 bits per heavy atom. The molecular formula is C21H27ClN4O3. The number of amides is 1. The van der Waals surface area contributed by atoms with Crippen LogP contribution in [-0.2, 0) is 10.2 Å². The maximum atomic E-state index is 12.8. The molecule has 156 valence electrons. The quantitative estimate of drug-likeness (QED) is 0.556. The Balaban J connectivity index is 1.77. The fraction of sp³-hybridized carbons (Fsp3) is 0.524. The van der Waals surface area contributed by atoms with Crippen LogP contribution in [0, 0.1) is 0 Å². The van der Waals surface area contributed by atoms with Gasteiger partial charge in [-0.3, -0.25) is 9.48 Å². The second-order valence-corrected chi connectivity index (χ2v) is 8.55. The van der Waals surface area contributed by atoms with Gasteiger partial charge in [0.1, 0.15) is 5.15 Å². The molecule has 7 nitrogen and oxygen atoms in total. The van der Waals surface area contributed by atoms with E-state index < -0.39 is 5.97 Å². The molecule has 2 aromatic rings. The molecule has 0 aromatic carbocycles. The van der Waals surface area contributed by atoms with Crippen molar-refractivity contribution in [2.24, 2.45) is 0 Å². The number of carbonyl (C=O) groups is 2. The lowest BCUT2D eigenvalue weighted by atomic mass is 9.91. The van der Waals surface area contributed by atoms with E-state index in [2.05, 4.69) is 30.9 Å². The molecule has 1 saturated heterocycles. The van der Waals surface area contributed by atoms with Gasteiger partial charge in [0.15, 0.2) is 5.69 Å². The molecule has 0 spiro atoms. The number of esters is 1. The van der Waals surface area contributed by atoms with Crippen molar-refractivity contribution < 1.29 is 14.3 Å². The number of likely N-dealkylation sites (tertiary alicyclic amines) is 1. The Hall–Kier alpha value is -2.41. The van der Waals surface area contributed by atoms with Crippen LogP contribution >= 0.6 is 11.6 Å². The Morgan fingerprint density at radius 2 is 1.97 bits per heavy atom. The van der Waals surface area contributed by atoms with E-state index in [1.807, 2.05) is 10.7 Å². The molecule has 1 amide bonds. The van der Waals surface area contributed by atoms with Crippen molar-refractivity contribution in [3.8, 4) is 0 Å². The van der Waals surface area contributed by atoms with Crippen LogP contribution in [-0.4, -0.2) is 51.2 Å². The third-order valence-electron chi connectivity index (χ3n) is 5.08. The lowest BCUT2D eigenvalue weighted by Crippen LogP contribution is -2.40. The number of carbonyl (C=O) groups excluding carboxylic acids is 2. The number of pyridine rings is 1. The number of nitrogens with zero attached hydrogens (tertiary/aromatic N) is 4. The van der Waals surface area contributed by atoms with Gasteiger partial charge in [-0.25, -0.2) is 9.78 Å². The summed E-state index contributed by atoms with van der Waals surface area (Å²) in [6.07, 6.45) is 3.06. The molecule has 1 fully saturated rings. The molecule has 0 radical (unpaired) electrons. The van der Waals surface area contributed by atoms with Gasteiger partial charge in [-0.1, -0.05) is 32.4 Å². The molecule has 0 atom stereocenters. The molecule has 0 N–H and O–H groups in total. The zero-order chi connectivity index (χ0) is 21.2. The smallest absolute Gasteiger partial charge is 0.358 e.